The maximum absolute atomic E-state index is 7.78. The molecule has 0 radical (unpaired) electrons. The molecular weight excluding hydrogens is 192 g/mol. The maximum atomic E-state index is 7.78. The predicted molar refractivity (Wildman–Crippen MR) is 57.2 cm³/mol. The molecule has 1 aromatic rings. The highest BCUT2D eigenvalue weighted by molar-refractivity contribution is 5.31. The Balaban J connectivity index is 1.96. The van der Waals surface area contributed by atoms with Crippen molar-refractivity contribution in [3.8, 4) is 11.5 Å². The van der Waals surface area contributed by atoms with Gasteiger partial charge in [0.2, 0.25) is 0 Å². The Bertz CT molecular complexity index is 326. The Hall–Kier alpha value is -1.22. The summed E-state index contributed by atoms with van der Waals surface area (Å²) in [4.78, 5) is 0. The molecule has 1 fully saturated rings. The van der Waals surface area contributed by atoms with Gasteiger partial charge in [0.25, 0.3) is 0 Å². The number of rotatable bonds is 3. The number of hydrogen-bond donors (Lipinski definition) is 0. The number of benzene rings is 1. The van der Waals surface area contributed by atoms with Gasteiger partial charge in [-0.25, -0.2) is 0 Å². The predicted octanol–water partition coefficient (Wildman–Crippen LogP) is 2.60. The van der Waals surface area contributed by atoms with Crippen molar-refractivity contribution >= 4 is 0 Å². The van der Waals surface area contributed by atoms with Gasteiger partial charge in [-0.3, -0.25) is 0 Å². The minimum absolute atomic E-state index is 0.296. The molecule has 0 saturated carbocycles. The quantitative estimate of drug-likeness (QED) is 0.765. The molecule has 2 rings (SSSR count). The normalized spacial score (nSPS) is 26.9. The Labute approximate surface area is 91.4 Å². The average molecular weight is 209 g/mol. The Kier molecular flexibility index (Phi) is 3.03. The molecule has 15 heavy (non-hydrogen) atoms. The van der Waals surface area contributed by atoms with E-state index in [-0.39, 0.29) is 6.40 Å². The van der Waals surface area contributed by atoms with Crippen molar-refractivity contribution in [1.29, 1.82) is 0 Å². The molecule has 0 amide bonds. The van der Waals surface area contributed by atoms with E-state index in [1.807, 2.05) is 24.3 Å². The van der Waals surface area contributed by atoms with Crippen molar-refractivity contribution in [3.05, 3.63) is 24.3 Å². The molecule has 1 aromatic carbocycles. The summed E-state index contributed by atoms with van der Waals surface area (Å²) in [7, 11) is 1.62. The van der Waals surface area contributed by atoms with Gasteiger partial charge in [0.1, 0.15) is 11.5 Å². The van der Waals surface area contributed by atoms with Crippen LogP contribution in [0.15, 0.2) is 24.3 Å². The van der Waals surface area contributed by atoms with Gasteiger partial charge in [-0.2, -0.15) is 0 Å². The van der Waals surface area contributed by atoms with Gasteiger partial charge in [0.05, 0.1) is 13.7 Å². The van der Waals surface area contributed by atoms with Gasteiger partial charge < -0.3 is 14.2 Å². The summed E-state index contributed by atoms with van der Waals surface area (Å²) in [6.45, 7) is 0.677. The molecule has 3 heteroatoms. The molecule has 1 heterocycles. The van der Waals surface area contributed by atoms with E-state index in [9.17, 15) is 0 Å². The zero-order chi connectivity index (χ0) is 11.4. The number of methoxy groups -OCH3 is 1. The van der Waals surface area contributed by atoms with Crippen LogP contribution in [0.1, 0.15) is 20.6 Å². The van der Waals surface area contributed by atoms with Gasteiger partial charge in [0, 0.05) is 7.77 Å². The first-order chi connectivity index (χ1) is 7.79. The van der Waals surface area contributed by atoms with E-state index in [4.69, 9.17) is 15.6 Å². The smallest absolute Gasteiger partial charge is 0.199 e. The average Bonchev–Trinajstić information content (AvgIpc) is 2.33. The van der Waals surface area contributed by atoms with Crippen molar-refractivity contribution < 1.29 is 15.6 Å². The zero-order valence-corrected chi connectivity index (χ0v) is 8.81. The lowest BCUT2D eigenvalue weighted by molar-refractivity contribution is -0.105. The van der Waals surface area contributed by atoms with Gasteiger partial charge in [0.15, 0.2) is 6.29 Å². The lowest BCUT2D eigenvalue weighted by atomic mass is 10.2. The lowest BCUT2D eigenvalue weighted by Crippen LogP contribution is -2.24. The topological polar surface area (TPSA) is 27.7 Å². The highest BCUT2D eigenvalue weighted by Gasteiger charge is 2.14. The third kappa shape index (κ3) is 2.86. The molecule has 2 atom stereocenters. The summed E-state index contributed by atoms with van der Waals surface area (Å²) in [5, 5.41) is 0. The fourth-order valence-electron chi connectivity index (χ4n) is 1.48. The van der Waals surface area contributed by atoms with Gasteiger partial charge in [-0.05, 0) is 37.1 Å². The fourth-order valence-corrected chi connectivity index (χ4v) is 1.48. The Morgan fingerprint density at radius 3 is 2.67 bits per heavy atom. The summed E-state index contributed by atoms with van der Waals surface area (Å²) in [6, 6.07) is 7.31. The first-order valence-corrected chi connectivity index (χ1v) is 5.14. The molecule has 3 nitrogen and oxygen atoms in total. The van der Waals surface area contributed by atoms with E-state index < -0.39 is 6.29 Å². The van der Waals surface area contributed by atoms with Crippen LogP contribution in [0.5, 0.6) is 11.5 Å². The van der Waals surface area contributed by atoms with Crippen molar-refractivity contribution in [1.82, 2.24) is 0 Å². The Morgan fingerprint density at radius 1 is 1.27 bits per heavy atom. The van der Waals surface area contributed by atoms with Crippen molar-refractivity contribution in [2.24, 2.45) is 0 Å². The highest BCUT2D eigenvalue weighted by atomic mass is 16.7. The number of hydrogen-bond acceptors (Lipinski definition) is 3. The summed E-state index contributed by atoms with van der Waals surface area (Å²) in [5.41, 5.74) is 0. The second-order valence-electron chi connectivity index (χ2n) is 3.41. The molecule has 1 saturated heterocycles. The summed E-state index contributed by atoms with van der Waals surface area (Å²) < 4.78 is 23.9. The molecule has 1 aliphatic heterocycles. The van der Waals surface area contributed by atoms with Crippen LogP contribution in [0.4, 0.5) is 0 Å². The highest BCUT2D eigenvalue weighted by Crippen LogP contribution is 2.21. The van der Waals surface area contributed by atoms with Crippen LogP contribution < -0.4 is 9.47 Å². The van der Waals surface area contributed by atoms with Crippen molar-refractivity contribution in [3.63, 3.8) is 0 Å². The second-order valence-corrected chi connectivity index (χ2v) is 3.41. The van der Waals surface area contributed by atoms with Gasteiger partial charge in [-0.1, -0.05) is 0 Å². The maximum Gasteiger partial charge on any atom is 0.199 e. The van der Waals surface area contributed by atoms with Crippen molar-refractivity contribution in [2.45, 2.75) is 25.5 Å². The monoisotopic (exact) mass is 209 g/mol. The van der Waals surface area contributed by atoms with E-state index >= 15 is 0 Å². The van der Waals surface area contributed by atoms with E-state index in [0.717, 1.165) is 18.6 Å². The molecule has 0 aromatic heterocycles. The van der Waals surface area contributed by atoms with E-state index in [1.54, 1.807) is 7.11 Å². The summed E-state index contributed by atoms with van der Waals surface area (Å²) in [6.07, 6.45) is 1.04. The van der Waals surface area contributed by atoms with Crippen LogP contribution in [0.2, 0.25) is 0 Å². The van der Waals surface area contributed by atoms with Crippen LogP contribution in [0.25, 0.3) is 0 Å². The van der Waals surface area contributed by atoms with Crippen molar-refractivity contribution in [2.75, 3.05) is 13.7 Å². The van der Waals surface area contributed by atoms with E-state index in [0.29, 0.717) is 12.4 Å². The van der Waals surface area contributed by atoms with Crippen LogP contribution in [0.3, 0.4) is 0 Å². The SMILES string of the molecule is [2H][C@@H]1CCCO[C@@H]1Oc1ccc(OC)cc1. The lowest BCUT2D eigenvalue weighted by Gasteiger charge is -2.23. The molecule has 0 spiro atoms. The molecule has 0 unspecified atom stereocenters. The molecule has 0 aliphatic carbocycles. The van der Waals surface area contributed by atoms with Crippen LogP contribution in [-0.4, -0.2) is 20.0 Å². The molecule has 0 bridgehead atoms. The van der Waals surface area contributed by atoms with E-state index in [1.165, 1.54) is 0 Å². The third-order valence-electron chi connectivity index (χ3n) is 2.30. The minimum atomic E-state index is -0.442. The third-order valence-corrected chi connectivity index (χ3v) is 2.30. The Morgan fingerprint density at radius 2 is 2.00 bits per heavy atom. The first-order valence-electron chi connectivity index (χ1n) is 5.72. The fraction of sp³-hybridized carbons (Fsp3) is 0.500. The standard InChI is InChI=1S/C12H16O3/c1-13-10-5-7-11(8-6-10)15-12-4-2-3-9-14-12/h5-8,12H,2-4,9H2,1H3/t12-/m1/s1/i4D/t4-,12-. The summed E-state index contributed by atoms with van der Waals surface area (Å²) in [5.74, 6) is 1.50. The molecule has 1 aliphatic rings. The minimum Gasteiger partial charge on any atom is -0.497 e. The zero-order valence-electron chi connectivity index (χ0n) is 9.81. The second kappa shape index (κ2) is 5.03. The van der Waals surface area contributed by atoms with E-state index in [2.05, 4.69) is 0 Å². The molecular formula is C12H16O3. The van der Waals surface area contributed by atoms with Crippen LogP contribution in [-0.2, 0) is 4.74 Å². The molecule has 0 N–H and O–H groups in total. The first kappa shape index (κ1) is 9.04. The summed E-state index contributed by atoms with van der Waals surface area (Å²) >= 11 is 0. The van der Waals surface area contributed by atoms with Gasteiger partial charge in [-0.15, -0.1) is 0 Å². The number of ether oxygens (including phenoxy) is 3. The van der Waals surface area contributed by atoms with Crippen LogP contribution >= 0.6 is 0 Å². The molecule has 82 valence electrons. The van der Waals surface area contributed by atoms with Gasteiger partial charge >= 0.3 is 0 Å². The largest absolute Gasteiger partial charge is 0.497 e. The van der Waals surface area contributed by atoms with Crippen LogP contribution in [0, 0.1) is 0 Å².